The topological polar surface area (TPSA) is 63.2 Å². The van der Waals surface area contributed by atoms with Gasteiger partial charge in [-0.05, 0) is 36.4 Å². The van der Waals surface area contributed by atoms with Crippen LogP contribution < -0.4 is 15.4 Å². The van der Waals surface area contributed by atoms with Gasteiger partial charge < -0.3 is 15.4 Å². The minimum atomic E-state index is -0.223. The van der Waals surface area contributed by atoms with Crippen molar-refractivity contribution in [3.8, 4) is 5.75 Å². The molecule has 1 amide bonds. The van der Waals surface area contributed by atoms with E-state index in [0.717, 1.165) is 15.8 Å². The van der Waals surface area contributed by atoms with Crippen molar-refractivity contribution in [1.29, 1.82) is 0 Å². The number of nitrogens with zero attached hydrogens (tertiary/aromatic N) is 1. The van der Waals surface area contributed by atoms with Gasteiger partial charge in [-0.25, -0.2) is 4.98 Å². The lowest BCUT2D eigenvalue weighted by Crippen LogP contribution is -2.15. The molecule has 2 aromatic carbocycles. The predicted molar refractivity (Wildman–Crippen MR) is 107 cm³/mol. The molecule has 0 aliphatic rings. The van der Waals surface area contributed by atoms with Crippen molar-refractivity contribution in [2.45, 2.75) is 6.54 Å². The molecule has 3 rings (SSSR count). The summed E-state index contributed by atoms with van der Waals surface area (Å²) in [5, 5.41) is 6.11. The summed E-state index contributed by atoms with van der Waals surface area (Å²) in [4.78, 5) is 17.0. The average molecular weight is 412 g/mol. The van der Waals surface area contributed by atoms with E-state index in [1.807, 2.05) is 48.5 Å². The highest BCUT2D eigenvalue weighted by molar-refractivity contribution is 9.10. The van der Waals surface area contributed by atoms with Gasteiger partial charge in [0.05, 0.1) is 12.7 Å². The van der Waals surface area contributed by atoms with Crippen molar-refractivity contribution in [2.24, 2.45) is 0 Å². The van der Waals surface area contributed by atoms with Crippen LogP contribution in [0.15, 0.2) is 71.3 Å². The number of hydrogen-bond donors (Lipinski definition) is 2. The minimum absolute atomic E-state index is 0.223. The van der Waals surface area contributed by atoms with Crippen LogP contribution in [-0.4, -0.2) is 18.0 Å². The molecule has 0 spiro atoms. The van der Waals surface area contributed by atoms with Crippen molar-refractivity contribution in [3.63, 3.8) is 0 Å². The van der Waals surface area contributed by atoms with Gasteiger partial charge in [-0.1, -0.05) is 40.2 Å². The van der Waals surface area contributed by atoms with Gasteiger partial charge in [-0.15, -0.1) is 0 Å². The van der Waals surface area contributed by atoms with Crippen LogP contribution in [0.3, 0.4) is 0 Å². The van der Waals surface area contributed by atoms with Gasteiger partial charge in [-0.2, -0.15) is 0 Å². The molecule has 5 nitrogen and oxygen atoms in total. The number of rotatable bonds is 6. The number of methoxy groups -OCH3 is 1. The second kappa shape index (κ2) is 8.49. The fraction of sp³-hybridized carbons (Fsp3) is 0.100. The first-order valence-corrected chi connectivity index (χ1v) is 8.84. The molecule has 2 N–H and O–H groups in total. The van der Waals surface area contributed by atoms with E-state index in [4.69, 9.17) is 4.74 Å². The SMILES string of the molecule is COc1ccccc1CNc1ncccc1C(=O)Nc1cccc(Br)c1. The Bertz CT molecular complexity index is 915. The number of halogens is 1. The summed E-state index contributed by atoms with van der Waals surface area (Å²) < 4.78 is 6.26. The normalized spacial score (nSPS) is 10.2. The van der Waals surface area contributed by atoms with E-state index in [9.17, 15) is 4.79 Å². The number of carbonyl (C=O) groups excluding carboxylic acids is 1. The van der Waals surface area contributed by atoms with Crippen LogP contribution in [0.5, 0.6) is 5.75 Å². The van der Waals surface area contributed by atoms with E-state index in [-0.39, 0.29) is 5.91 Å². The molecule has 0 radical (unpaired) electrons. The summed E-state index contributed by atoms with van der Waals surface area (Å²) in [6, 6.07) is 18.7. The zero-order valence-corrected chi connectivity index (χ0v) is 15.8. The highest BCUT2D eigenvalue weighted by Gasteiger charge is 2.13. The van der Waals surface area contributed by atoms with Gasteiger partial charge in [0.25, 0.3) is 5.91 Å². The van der Waals surface area contributed by atoms with Crippen molar-refractivity contribution >= 4 is 33.3 Å². The standard InChI is InChI=1S/C20H18BrN3O2/c1-26-18-10-3-2-6-14(18)13-23-19-17(9-5-11-22-19)20(25)24-16-8-4-7-15(21)12-16/h2-12H,13H2,1H3,(H,22,23)(H,24,25). The molecule has 26 heavy (non-hydrogen) atoms. The van der Waals surface area contributed by atoms with E-state index < -0.39 is 0 Å². The number of carbonyl (C=O) groups is 1. The lowest BCUT2D eigenvalue weighted by atomic mass is 10.2. The van der Waals surface area contributed by atoms with E-state index in [0.29, 0.717) is 23.6 Å². The average Bonchev–Trinajstić information content (AvgIpc) is 2.67. The summed E-state index contributed by atoms with van der Waals surface area (Å²) in [5.41, 5.74) is 2.17. The molecule has 0 fully saturated rings. The maximum atomic E-state index is 12.6. The maximum Gasteiger partial charge on any atom is 0.259 e. The maximum absolute atomic E-state index is 12.6. The molecule has 132 valence electrons. The molecule has 0 saturated carbocycles. The summed E-state index contributed by atoms with van der Waals surface area (Å²) in [6.07, 6.45) is 1.65. The Hall–Kier alpha value is -2.86. The lowest BCUT2D eigenvalue weighted by Gasteiger charge is -2.13. The summed E-state index contributed by atoms with van der Waals surface area (Å²) >= 11 is 3.40. The third-order valence-electron chi connectivity index (χ3n) is 3.77. The number of aromatic nitrogens is 1. The summed E-state index contributed by atoms with van der Waals surface area (Å²) in [7, 11) is 1.64. The summed E-state index contributed by atoms with van der Waals surface area (Å²) in [6.45, 7) is 0.498. The van der Waals surface area contributed by atoms with Crippen LogP contribution in [0.25, 0.3) is 0 Å². The molecule has 6 heteroatoms. The van der Waals surface area contributed by atoms with Gasteiger partial charge in [0.2, 0.25) is 0 Å². The molecule has 1 aromatic heterocycles. The summed E-state index contributed by atoms with van der Waals surface area (Å²) in [5.74, 6) is 1.08. The number of pyridine rings is 1. The molecule has 0 saturated heterocycles. The predicted octanol–water partition coefficient (Wildman–Crippen LogP) is 4.72. The first kappa shape index (κ1) is 17.9. The van der Waals surface area contributed by atoms with Gasteiger partial charge >= 0.3 is 0 Å². The number of anilines is 2. The van der Waals surface area contributed by atoms with Crippen LogP contribution in [0.1, 0.15) is 15.9 Å². The molecule has 0 aliphatic heterocycles. The number of benzene rings is 2. The monoisotopic (exact) mass is 411 g/mol. The van der Waals surface area contributed by atoms with E-state index in [1.165, 1.54) is 0 Å². The number of ether oxygens (including phenoxy) is 1. The molecule has 0 aliphatic carbocycles. The Morgan fingerprint density at radius 3 is 2.77 bits per heavy atom. The third-order valence-corrected chi connectivity index (χ3v) is 4.27. The lowest BCUT2D eigenvalue weighted by molar-refractivity contribution is 0.102. The number of hydrogen-bond acceptors (Lipinski definition) is 4. The highest BCUT2D eigenvalue weighted by Crippen LogP contribution is 2.21. The second-order valence-electron chi connectivity index (χ2n) is 5.53. The van der Waals surface area contributed by atoms with Crippen molar-refractivity contribution in [3.05, 3.63) is 82.5 Å². The fourth-order valence-corrected chi connectivity index (χ4v) is 2.92. The first-order chi connectivity index (χ1) is 12.7. The smallest absolute Gasteiger partial charge is 0.259 e. The zero-order valence-electron chi connectivity index (χ0n) is 14.2. The molecule has 3 aromatic rings. The molecule has 0 bridgehead atoms. The van der Waals surface area contributed by atoms with E-state index >= 15 is 0 Å². The number of amides is 1. The van der Waals surface area contributed by atoms with Crippen molar-refractivity contribution < 1.29 is 9.53 Å². The van der Waals surface area contributed by atoms with Gasteiger partial charge in [0.1, 0.15) is 11.6 Å². The van der Waals surface area contributed by atoms with Crippen molar-refractivity contribution in [2.75, 3.05) is 17.7 Å². The van der Waals surface area contributed by atoms with Gasteiger partial charge in [0.15, 0.2) is 0 Å². The van der Waals surface area contributed by atoms with Crippen LogP contribution in [-0.2, 0) is 6.54 Å². The number of nitrogens with one attached hydrogen (secondary N) is 2. The van der Waals surface area contributed by atoms with Gasteiger partial charge in [-0.3, -0.25) is 4.79 Å². The van der Waals surface area contributed by atoms with E-state index in [1.54, 1.807) is 25.4 Å². The Morgan fingerprint density at radius 2 is 1.96 bits per heavy atom. The molecular formula is C20H18BrN3O2. The Balaban J connectivity index is 1.76. The van der Waals surface area contributed by atoms with Crippen LogP contribution >= 0.6 is 15.9 Å². The van der Waals surface area contributed by atoms with Crippen LogP contribution in [0.4, 0.5) is 11.5 Å². The third kappa shape index (κ3) is 4.40. The quantitative estimate of drug-likeness (QED) is 0.615. The van der Waals surface area contributed by atoms with Crippen molar-refractivity contribution in [1.82, 2.24) is 4.98 Å². The largest absolute Gasteiger partial charge is 0.496 e. The van der Waals surface area contributed by atoms with E-state index in [2.05, 4.69) is 31.5 Å². The number of para-hydroxylation sites is 1. The molecular weight excluding hydrogens is 394 g/mol. The Labute approximate surface area is 160 Å². The highest BCUT2D eigenvalue weighted by atomic mass is 79.9. The molecule has 0 atom stereocenters. The molecule has 1 heterocycles. The van der Waals surface area contributed by atoms with Crippen LogP contribution in [0, 0.1) is 0 Å². The zero-order chi connectivity index (χ0) is 18.4. The van der Waals surface area contributed by atoms with Crippen LogP contribution in [0.2, 0.25) is 0 Å². The first-order valence-electron chi connectivity index (χ1n) is 8.05. The Morgan fingerprint density at radius 1 is 1.12 bits per heavy atom. The molecule has 0 unspecified atom stereocenters. The Kier molecular flexibility index (Phi) is 5.86. The fourth-order valence-electron chi connectivity index (χ4n) is 2.52. The second-order valence-corrected chi connectivity index (χ2v) is 6.45. The van der Waals surface area contributed by atoms with Gasteiger partial charge in [0, 0.05) is 28.5 Å². The minimum Gasteiger partial charge on any atom is -0.496 e.